The van der Waals surface area contributed by atoms with Gasteiger partial charge in [0.15, 0.2) is 0 Å². The Balaban J connectivity index is 2.49. The maximum absolute atomic E-state index is 13.5. The van der Waals surface area contributed by atoms with E-state index in [1.165, 1.54) is 24.3 Å². The first kappa shape index (κ1) is 15.8. The maximum Gasteiger partial charge on any atom is 0.416 e. The van der Waals surface area contributed by atoms with Crippen LogP contribution in [0.15, 0.2) is 42.5 Å². The average Bonchev–Trinajstić information content (AvgIpc) is 2.44. The van der Waals surface area contributed by atoms with Gasteiger partial charge < -0.3 is 0 Å². The van der Waals surface area contributed by atoms with Crippen molar-refractivity contribution in [1.29, 1.82) is 0 Å². The zero-order valence-corrected chi connectivity index (χ0v) is 11.3. The van der Waals surface area contributed by atoms with Crippen LogP contribution < -0.4 is 11.3 Å². The molecule has 0 radical (unpaired) electrons. The second-order valence-electron chi connectivity index (χ2n) is 4.37. The third kappa shape index (κ3) is 3.34. The minimum atomic E-state index is -4.47. The highest BCUT2D eigenvalue weighted by molar-refractivity contribution is 6.31. The molecule has 0 aliphatic carbocycles. The third-order valence-corrected chi connectivity index (χ3v) is 3.41. The van der Waals surface area contributed by atoms with E-state index in [-0.39, 0.29) is 16.1 Å². The van der Waals surface area contributed by atoms with Gasteiger partial charge in [-0.1, -0.05) is 35.9 Å². The predicted molar refractivity (Wildman–Crippen MR) is 72.0 cm³/mol. The van der Waals surface area contributed by atoms with E-state index in [1.54, 1.807) is 0 Å². The summed E-state index contributed by atoms with van der Waals surface area (Å²) < 4.78 is 51.7. The van der Waals surface area contributed by atoms with Gasteiger partial charge in [0.25, 0.3) is 0 Å². The number of nitrogens with one attached hydrogen (secondary N) is 1. The number of benzene rings is 2. The third-order valence-electron chi connectivity index (χ3n) is 3.01. The molecular weight excluding hydrogens is 308 g/mol. The van der Waals surface area contributed by atoms with E-state index < -0.39 is 23.6 Å². The summed E-state index contributed by atoms with van der Waals surface area (Å²) >= 11 is 5.85. The van der Waals surface area contributed by atoms with E-state index in [0.29, 0.717) is 0 Å². The molecule has 0 fully saturated rings. The highest BCUT2D eigenvalue weighted by Gasteiger charge is 2.31. The zero-order chi connectivity index (χ0) is 15.6. The summed E-state index contributed by atoms with van der Waals surface area (Å²) in [5.41, 5.74) is 2.05. The number of hydrogen-bond donors (Lipinski definition) is 2. The van der Waals surface area contributed by atoms with Crippen molar-refractivity contribution >= 4 is 11.6 Å². The molecule has 0 aromatic heterocycles. The van der Waals surface area contributed by atoms with Gasteiger partial charge in [-0.25, -0.2) is 9.82 Å². The SMILES string of the molecule is NNC(c1cccc(C(F)(F)F)c1)c1cccc(F)c1Cl. The fourth-order valence-electron chi connectivity index (χ4n) is 2.00. The average molecular weight is 319 g/mol. The molecule has 0 saturated carbocycles. The molecule has 0 aliphatic heterocycles. The van der Waals surface area contributed by atoms with Crippen molar-refractivity contribution in [2.75, 3.05) is 0 Å². The first-order chi connectivity index (χ1) is 9.84. The van der Waals surface area contributed by atoms with Gasteiger partial charge in [-0.15, -0.1) is 0 Å². The first-order valence-corrected chi connectivity index (χ1v) is 6.29. The second-order valence-corrected chi connectivity index (χ2v) is 4.74. The molecule has 21 heavy (non-hydrogen) atoms. The van der Waals surface area contributed by atoms with Crippen molar-refractivity contribution in [3.8, 4) is 0 Å². The molecular formula is C14H11ClF4N2. The lowest BCUT2D eigenvalue weighted by molar-refractivity contribution is -0.137. The standard InChI is InChI=1S/C14H11ClF4N2/c15-12-10(5-2-6-11(12)16)13(21-20)8-3-1-4-9(7-8)14(17,18)19/h1-7,13,21H,20H2. The Bertz CT molecular complexity index is 643. The minimum absolute atomic E-state index is 0.183. The quantitative estimate of drug-likeness (QED) is 0.509. The lowest BCUT2D eigenvalue weighted by atomic mass is 9.97. The summed E-state index contributed by atoms with van der Waals surface area (Å²) in [5.74, 6) is 4.74. The van der Waals surface area contributed by atoms with E-state index in [9.17, 15) is 17.6 Å². The molecule has 0 spiro atoms. The van der Waals surface area contributed by atoms with Crippen molar-refractivity contribution in [2.45, 2.75) is 12.2 Å². The highest BCUT2D eigenvalue weighted by Crippen LogP contribution is 2.34. The van der Waals surface area contributed by atoms with E-state index in [4.69, 9.17) is 17.4 Å². The monoisotopic (exact) mass is 318 g/mol. The molecule has 0 heterocycles. The van der Waals surface area contributed by atoms with Crippen LogP contribution in [0.3, 0.4) is 0 Å². The largest absolute Gasteiger partial charge is 0.416 e. The van der Waals surface area contributed by atoms with Crippen molar-refractivity contribution < 1.29 is 17.6 Å². The molecule has 0 saturated heterocycles. The van der Waals surface area contributed by atoms with Gasteiger partial charge in [0.2, 0.25) is 0 Å². The highest BCUT2D eigenvalue weighted by atomic mass is 35.5. The van der Waals surface area contributed by atoms with Crippen LogP contribution in [0.2, 0.25) is 5.02 Å². The van der Waals surface area contributed by atoms with Crippen LogP contribution in [0.1, 0.15) is 22.7 Å². The number of rotatable bonds is 3. The van der Waals surface area contributed by atoms with Crippen molar-refractivity contribution in [3.05, 3.63) is 70.0 Å². The number of nitrogens with two attached hydrogens (primary N) is 1. The molecule has 0 amide bonds. The van der Waals surface area contributed by atoms with E-state index >= 15 is 0 Å². The molecule has 2 rings (SSSR count). The van der Waals surface area contributed by atoms with Crippen LogP contribution in [0.5, 0.6) is 0 Å². The lowest BCUT2D eigenvalue weighted by Crippen LogP contribution is -2.29. The Morgan fingerprint density at radius 1 is 1.10 bits per heavy atom. The van der Waals surface area contributed by atoms with Crippen LogP contribution in [-0.2, 0) is 6.18 Å². The van der Waals surface area contributed by atoms with Gasteiger partial charge in [0, 0.05) is 0 Å². The van der Waals surface area contributed by atoms with Crippen LogP contribution >= 0.6 is 11.6 Å². The van der Waals surface area contributed by atoms with Crippen molar-refractivity contribution in [2.24, 2.45) is 5.84 Å². The van der Waals surface area contributed by atoms with Gasteiger partial charge in [0.05, 0.1) is 16.6 Å². The smallest absolute Gasteiger partial charge is 0.271 e. The van der Waals surface area contributed by atoms with Crippen molar-refractivity contribution in [1.82, 2.24) is 5.43 Å². The summed E-state index contributed by atoms with van der Waals surface area (Å²) in [6.45, 7) is 0. The van der Waals surface area contributed by atoms with Crippen molar-refractivity contribution in [3.63, 3.8) is 0 Å². The normalized spacial score (nSPS) is 13.2. The molecule has 112 valence electrons. The Hall–Kier alpha value is -1.63. The molecule has 2 nitrogen and oxygen atoms in total. The number of alkyl halides is 3. The Morgan fingerprint density at radius 3 is 2.38 bits per heavy atom. The molecule has 1 unspecified atom stereocenters. The first-order valence-electron chi connectivity index (χ1n) is 5.91. The van der Waals surface area contributed by atoms with Crippen LogP contribution in [0, 0.1) is 5.82 Å². The summed E-state index contributed by atoms with van der Waals surface area (Å²) in [6, 6.07) is 7.83. The van der Waals surface area contributed by atoms with Crippen LogP contribution in [-0.4, -0.2) is 0 Å². The molecule has 0 aliphatic rings. The molecule has 7 heteroatoms. The maximum atomic E-state index is 13.5. The zero-order valence-electron chi connectivity index (χ0n) is 10.6. The summed E-state index contributed by atoms with van der Waals surface area (Å²) in [6.07, 6.45) is -4.47. The van der Waals surface area contributed by atoms with E-state index in [0.717, 1.165) is 18.2 Å². The summed E-state index contributed by atoms with van der Waals surface area (Å²) in [7, 11) is 0. The second kappa shape index (κ2) is 6.01. The molecule has 2 aromatic carbocycles. The fourth-order valence-corrected chi connectivity index (χ4v) is 2.24. The van der Waals surface area contributed by atoms with Gasteiger partial charge in [-0.05, 0) is 29.3 Å². The van der Waals surface area contributed by atoms with E-state index in [2.05, 4.69) is 5.43 Å². The Morgan fingerprint density at radius 2 is 1.76 bits per heavy atom. The molecule has 3 N–H and O–H groups in total. The lowest BCUT2D eigenvalue weighted by Gasteiger charge is -2.19. The Labute approximate surface area is 123 Å². The van der Waals surface area contributed by atoms with Gasteiger partial charge in [0.1, 0.15) is 5.82 Å². The minimum Gasteiger partial charge on any atom is -0.271 e. The fraction of sp³-hybridized carbons (Fsp3) is 0.143. The number of hydrogen-bond acceptors (Lipinski definition) is 2. The number of hydrazine groups is 1. The van der Waals surface area contributed by atoms with Crippen LogP contribution in [0.25, 0.3) is 0 Å². The molecule has 2 aromatic rings. The van der Waals surface area contributed by atoms with Gasteiger partial charge in [-0.3, -0.25) is 5.84 Å². The van der Waals surface area contributed by atoms with E-state index in [1.807, 2.05) is 0 Å². The van der Waals surface area contributed by atoms with Crippen LogP contribution in [0.4, 0.5) is 17.6 Å². The molecule has 1 atom stereocenters. The topological polar surface area (TPSA) is 38.0 Å². The van der Waals surface area contributed by atoms with Gasteiger partial charge in [-0.2, -0.15) is 13.2 Å². The van der Waals surface area contributed by atoms with Gasteiger partial charge >= 0.3 is 6.18 Å². The number of halogens is 5. The molecule has 0 bridgehead atoms. The summed E-state index contributed by atoms with van der Waals surface area (Å²) in [5, 5.41) is -0.183. The predicted octanol–water partition coefficient (Wildman–Crippen LogP) is 4.05. The summed E-state index contributed by atoms with van der Waals surface area (Å²) in [4.78, 5) is 0. The Kier molecular flexibility index (Phi) is 4.51.